The average molecular weight is 278 g/mol. The molecule has 1 aromatic rings. The Morgan fingerprint density at radius 1 is 1.50 bits per heavy atom. The molecular weight excluding hydrogens is 269 g/mol. The number of nitrogens with two attached hydrogens (primary N) is 1. The van der Waals surface area contributed by atoms with Gasteiger partial charge in [0.25, 0.3) is 0 Å². The molecule has 1 aromatic carbocycles. The zero-order valence-electron chi connectivity index (χ0n) is 8.29. The van der Waals surface area contributed by atoms with Crippen molar-refractivity contribution in [1.82, 2.24) is 5.43 Å². The van der Waals surface area contributed by atoms with E-state index in [0.717, 1.165) is 0 Å². The van der Waals surface area contributed by atoms with Crippen molar-refractivity contribution in [2.75, 3.05) is 0 Å². The van der Waals surface area contributed by atoms with Crippen LogP contribution in [-0.2, 0) is 0 Å². The Bertz CT molecular complexity index is 462. The van der Waals surface area contributed by atoms with E-state index < -0.39 is 0 Å². The first kappa shape index (κ1) is 13.0. The highest BCUT2D eigenvalue weighted by Crippen LogP contribution is 2.31. The number of nitrogens with one attached hydrogen (secondary N) is 1. The minimum absolute atomic E-state index is 0.0342. The number of aromatic hydroxyl groups is 1. The van der Waals surface area contributed by atoms with Crippen LogP contribution in [-0.4, -0.2) is 15.9 Å². The zero-order chi connectivity index (χ0) is 12.3. The molecule has 0 saturated carbocycles. The first-order chi connectivity index (χ1) is 7.41. The molecular formula is C9H9Cl2N3OS. The number of nitrogens with zero attached hydrogens (tertiary/aromatic N) is 1. The van der Waals surface area contributed by atoms with Crippen LogP contribution in [0.2, 0.25) is 10.0 Å². The predicted octanol–water partition coefficient (Wildman–Crippen LogP) is 2.26. The van der Waals surface area contributed by atoms with E-state index in [-0.39, 0.29) is 15.9 Å². The molecule has 4 nitrogen and oxygen atoms in total. The molecule has 0 heterocycles. The van der Waals surface area contributed by atoms with Crippen LogP contribution in [0.5, 0.6) is 5.75 Å². The Hall–Kier alpha value is -1.04. The first-order valence-electron chi connectivity index (χ1n) is 4.20. The second-order valence-corrected chi connectivity index (χ2v) is 4.24. The number of phenolic OH excluding ortho intramolecular Hbond substituents is 1. The minimum atomic E-state index is -0.0861. The van der Waals surface area contributed by atoms with Gasteiger partial charge in [-0.25, -0.2) is 0 Å². The molecule has 0 fully saturated rings. The third kappa shape index (κ3) is 3.23. The van der Waals surface area contributed by atoms with Crippen molar-refractivity contribution in [3.63, 3.8) is 0 Å². The number of phenols is 1. The first-order valence-corrected chi connectivity index (χ1v) is 5.36. The molecule has 0 aliphatic carbocycles. The summed E-state index contributed by atoms with van der Waals surface area (Å²) in [5.41, 5.74) is 8.51. The highest BCUT2D eigenvalue weighted by Gasteiger charge is 2.10. The number of hydrogen-bond acceptors (Lipinski definition) is 3. The van der Waals surface area contributed by atoms with Gasteiger partial charge in [0, 0.05) is 10.6 Å². The third-order valence-electron chi connectivity index (χ3n) is 1.75. The largest absolute Gasteiger partial charge is 0.506 e. The van der Waals surface area contributed by atoms with Gasteiger partial charge in [-0.05, 0) is 31.3 Å². The maximum Gasteiger partial charge on any atom is 0.184 e. The van der Waals surface area contributed by atoms with Crippen molar-refractivity contribution in [3.05, 3.63) is 27.7 Å². The lowest BCUT2D eigenvalue weighted by atomic mass is 10.1. The lowest BCUT2D eigenvalue weighted by molar-refractivity contribution is 0.474. The highest BCUT2D eigenvalue weighted by atomic mass is 35.5. The maximum absolute atomic E-state index is 9.69. The van der Waals surface area contributed by atoms with Crippen LogP contribution in [0, 0.1) is 0 Å². The summed E-state index contributed by atoms with van der Waals surface area (Å²) in [6.45, 7) is 1.66. The van der Waals surface area contributed by atoms with Crippen LogP contribution in [0.1, 0.15) is 12.5 Å². The van der Waals surface area contributed by atoms with Gasteiger partial charge in [-0.3, -0.25) is 5.43 Å². The fourth-order valence-corrected chi connectivity index (χ4v) is 1.58. The van der Waals surface area contributed by atoms with E-state index in [9.17, 15) is 5.11 Å². The summed E-state index contributed by atoms with van der Waals surface area (Å²) < 4.78 is 0. The number of halogens is 2. The van der Waals surface area contributed by atoms with Crippen LogP contribution < -0.4 is 11.2 Å². The normalized spacial score (nSPS) is 11.3. The van der Waals surface area contributed by atoms with Gasteiger partial charge >= 0.3 is 0 Å². The van der Waals surface area contributed by atoms with E-state index in [1.807, 2.05) is 0 Å². The SMILES string of the molecule is C/C(=N/NC(N)=S)c1cc(Cl)cc(Cl)c1O. The molecule has 0 radical (unpaired) electrons. The van der Waals surface area contributed by atoms with Crippen molar-refractivity contribution in [3.8, 4) is 5.75 Å². The summed E-state index contributed by atoms with van der Waals surface area (Å²) >= 11 is 16.2. The van der Waals surface area contributed by atoms with Crippen molar-refractivity contribution < 1.29 is 5.11 Å². The summed E-state index contributed by atoms with van der Waals surface area (Å²) in [6, 6.07) is 2.99. The van der Waals surface area contributed by atoms with Crippen molar-refractivity contribution in [2.24, 2.45) is 10.8 Å². The summed E-state index contributed by atoms with van der Waals surface area (Å²) in [6.07, 6.45) is 0. The second-order valence-electron chi connectivity index (χ2n) is 2.96. The smallest absolute Gasteiger partial charge is 0.184 e. The van der Waals surface area contributed by atoms with Crippen LogP contribution in [0.25, 0.3) is 0 Å². The predicted molar refractivity (Wildman–Crippen MR) is 70.3 cm³/mol. The van der Waals surface area contributed by atoms with Crippen LogP contribution >= 0.6 is 35.4 Å². The summed E-state index contributed by atoms with van der Waals surface area (Å²) in [4.78, 5) is 0. The minimum Gasteiger partial charge on any atom is -0.506 e. The molecule has 86 valence electrons. The van der Waals surface area contributed by atoms with Gasteiger partial charge in [-0.15, -0.1) is 0 Å². The van der Waals surface area contributed by atoms with Gasteiger partial charge in [0.1, 0.15) is 5.75 Å². The van der Waals surface area contributed by atoms with Gasteiger partial charge in [-0.1, -0.05) is 23.2 Å². The van der Waals surface area contributed by atoms with Gasteiger partial charge in [0.2, 0.25) is 0 Å². The maximum atomic E-state index is 9.69. The molecule has 0 bridgehead atoms. The van der Waals surface area contributed by atoms with E-state index in [4.69, 9.17) is 28.9 Å². The Kier molecular flexibility index (Phi) is 4.35. The Morgan fingerprint density at radius 2 is 2.12 bits per heavy atom. The molecule has 0 aromatic heterocycles. The van der Waals surface area contributed by atoms with E-state index >= 15 is 0 Å². The molecule has 0 spiro atoms. The lowest BCUT2D eigenvalue weighted by Crippen LogP contribution is -2.25. The van der Waals surface area contributed by atoms with Crippen LogP contribution in [0.15, 0.2) is 17.2 Å². The zero-order valence-corrected chi connectivity index (χ0v) is 10.6. The average Bonchev–Trinajstić information content (AvgIpc) is 2.19. The van der Waals surface area contributed by atoms with Crippen molar-refractivity contribution in [2.45, 2.75) is 6.92 Å². The Balaban J connectivity index is 3.12. The number of benzene rings is 1. The topological polar surface area (TPSA) is 70.6 Å². The molecule has 0 atom stereocenters. The number of hydrazone groups is 1. The van der Waals surface area contributed by atoms with Gasteiger partial charge in [0.15, 0.2) is 5.11 Å². The lowest BCUT2D eigenvalue weighted by Gasteiger charge is -2.07. The molecule has 1 rings (SSSR count). The third-order valence-corrected chi connectivity index (χ3v) is 2.35. The molecule has 0 aliphatic heterocycles. The molecule has 0 unspecified atom stereocenters. The number of rotatable bonds is 2. The van der Waals surface area contributed by atoms with E-state index in [1.165, 1.54) is 6.07 Å². The van der Waals surface area contributed by atoms with Crippen molar-refractivity contribution in [1.29, 1.82) is 0 Å². The summed E-state index contributed by atoms with van der Waals surface area (Å²) in [7, 11) is 0. The number of thiocarbonyl (C=S) groups is 1. The fourth-order valence-electron chi connectivity index (χ4n) is 1.04. The molecule has 16 heavy (non-hydrogen) atoms. The van der Waals surface area contributed by atoms with Gasteiger partial charge < -0.3 is 10.8 Å². The van der Waals surface area contributed by atoms with Crippen LogP contribution in [0.3, 0.4) is 0 Å². The standard InChI is InChI=1S/C9H9Cl2N3OS/c1-4(13-14-9(12)16)6-2-5(10)3-7(11)8(6)15/h2-3,15H,1H3,(H3,12,14,16)/b13-4-. The second kappa shape index (κ2) is 5.34. The quantitative estimate of drug-likeness (QED) is 0.441. The van der Waals surface area contributed by atoms with Crippen LogP contribution in [0.4, 0.5) is 0 Å². The summed E-state index contributed by atoms with van der Waals surface area (Å²) in [5, 5.41) is 14.2. The van der Waals surface area contributed by atoms with E-state index in [0.29, 0.717) is 16.3 Å². The van der Waals surface area contributed by atoms with Crippen molar-refractivity contribution >= 4 is 46.2 Å². The van der Waals surface area contributed by atoms with Gasteiger partial charge in [0.05, 0.1) is 10.7 Å². The molecule has 4 N–H and O–H groups in total. The summed E-state index contributed by atoms with van der Waals surface area (Å²) in [5.74, 6) is -0.0861. The monoisotopic (exact) mass is 277 g/mol. The van der Waals surface area contributed by atoms with Gasteiger partial charge in [-0.2, -0.15) is 5.10 Å². The molecule has 0 aliphatic rings. The highest BCUT2D eigenvalue weighted by molar-refractivity contribution is 7.80. The van der Waals surface area contributed by atoms with E-state index in [1.54, 1.807) is 13.0 Å². The number of hydrogen-bond donors (Lipinski definition) is 3. The molecule has 0 saturated heterocycles. The van der Waals surface area contributed by atoms with E-state index in [2.05, 4.69) is 22.7 Å². The fraction of sp³-hybridized carbons (Fsp3) is 0.111. The molecule has 7 heteroatoms. The Labute approximate surface area is 108 Å². The molecule has 0 amide bonds. The Morgan fingerprint density at radius 3 is 2.69 bits per heavy atom.